The highest BCUT2D eigenvalue weighted by molar-refractivity contribution is 6.40. The predicted molar refractivity (Wildman–Crippen MR) is 124 cm³/mol. The van der Waals surface area contributed by atoms with Gasteiger partial charge in [0.2, 0.25) is 0 Å². The Morgan fingerprint density at radius 1 is 0.879 bits per heavy atom. The summed E-state index contributed by atoms with van der Waals surface area (Å²) in [6.45, 7) is 0. The van der Waals surface area contributed by atoms with E-state index < -0.39 is 21.9 Å². The first-order valence-electron chi connectivity index (χ1n) is 9.51. The molecule has 0 bridgehead atoms. The summed E-state index contributed by atoms with van der Waals surface area (Å²) in [4.78, 5) is 35.9. The van der Waals surface area contributed by atoms with E-state index in [1.807, 2.05) is 6.07 Å². The molecule has 1 unspecified atom stereocenters. The molecule has 1 atom stereocenters. The Hall–Kier alpha value is -3.95. The lowest BCUT2D eigenvalue weighted by atomic mass is 10.1. The fourth-order valence-electron chi connectivity index (χ4n) is 3.50. The largest absolute Gasteiger partial charge is 0.357 e. The third kappa shape index (κ3) is 4.36. The van der Waals surface area contributed by atoms with Crippen LogP contribution < -0.4 is 10.2 Å². The van der Waals surface area contributed by atoms with E-state index in [-0.39, 0.29) is 32.8 Å². The molecule has 0 spiro atoms. The van der Waals surface area contributed by atoms with Gasteiger partial charge in [0.15, 0.2) is 0 Å². The smallest absolute Gasteiger partial charge is 0.276 e. The number of carbonyl (C=O) groups excluding carboxylic acids is 1. The third-order valence-electron chi connectivity index (χ3n) is 4.96. The fourth-order valence-corrected chi connectivity index (χ4v) is 4.16. The van der Waals surface area contributed by atoms with Crippen molar-refractivity contribution in [3.8, 4) is 0 Å². The number of non-ortho nitro benzene ring substituents is 2. The van der Waals surface area contributed by atoms with Gasteiger partial charge >= 0.3 is 0 Å². The van der Waals surface area contributed by atoms with Gasteiger partial charge < -0.3 is 5.32 Å². The van der Waals surface area contributed by atoms with Crippen molar-refractivity contribution in [2.75, 3.05) is 4.90 Å². The van der Waals surface area contributed by atoms with E-state index in [0.717, 1.165) is 12.1 Å². The molecule has 1 saturated heterocycles. The Labute approximate surface area is 197 Å². The minimum atomic E-state index is -0.722. The highest BCUT2D eigenvalue weighted by atomic mass is 35.5. The summed E-state index contributed by atoms with van der Waals surface area (Å²) in [5.74, 6) is -0.506. The zero-order valence-electron chi connectivity index (χ0n) is 16.6. The first kappa shape index (κ1) is 22.3. The van der Waals surface area contributed by atoms with E-state index in [2.05, 4.69) is 5.32 Å². The van der Waals surface area contributed by atoms with E-state index in [1.165, 1.54) is 29.2 Å². The van der Waals surface area contributed by atoms with Gasteiger partial charge in [-0.25, -0.2) is 0 Å². The van der Waals surface area contributed by atoms with Gasteiger partial charge in [0.05, 0.1) is 25.6 Å². The summed E-state index contributed by atoms with van der Waals surface area (Å²) in [6.07, 6.45) is 0.762. The van der Waals surface area contributed by atoms with Gasteiger partial charge in [-0.1, -0.05) is 65.7 Å². The van der Waals surface area contributed by atoms with Crippen molar-refractivity contribution in [3.63, 3.8) is 0 Å². The molecule has 1 N–H and O–H groups in total. The van der Waals surface area contributed by atoms with Crippen molar-refractivity contribution in [2.45, 2.75) is 6.17 Å². The van der Waals surface area contributed by atoms with E-state index in [0.29, 0.717) is 11.1 Å². The van der Waals surface area contributed by atoms with Crippen LogP contribution in [-0.2, 0) is 4.79 Å². The quantitative estimate of drug-likeness (QED) is 0.290. The fraction of sp³-hybridized carbons (Fsp3) is 0.0455. The SMILES string of the molecule is O=C1C(=Cc2cccc([N+](=O)[O-])c2)NC(c2ccccc2)N1c1c(Cl)cc([N+](=O)[O-])cc1Cl. The summed E-state index contributed by atoms with van der Waals surface area (Å²) in [7, 11) is 0. The molecule has 0 aromatic heterocycles. The number of nitrogens with zero attached hydrogens (tertiary/aromatic N) is 3. The molecule has 3 aromatic carbocycles. The topological polar surface area (TPSA) is 119 Å². The molecule has 33 heavy (non-hydrogen) atoms. The van der Waals surface area contributed by atoms with Crippen LogP contribution in [0.15, 0.2) is 72.4 Å². The average Bonchev–Trinajstić information content (AvgIpc) is 3.10. The van der Waals surface area contributed by atoms with E-state index in [9.17, 15) is 25.0 Å². The summed E-state index contributed by atoms with van der Waals surface area (Å²) in [6, 6.07) is 17.1. The van der Waals surface area contributed by atoms with Gasteiger partial charge in [-0.2, -0.15) is 0 Å². The number of nitro groups is 2. The molecular formula is C22H14Cl2N4O5. The number of carbonyl (C=O) groups is 1. The maximum Gasteiger partial charge on any atom is 0.276 e. The van der Waals surface area contributed by atoms with Crippen molar-refractivity contribution in [1.82, 2.24) is 5.32 Å². The predicted octanol–water partition coefficient (Wildman–Crippen LogP) is 5.49. The lowest BCUT2D eigenvalue weighted by Gasteiger charge is -2.25. The highest BCUT2D eigenvalue weighted by Crippen LogP contribution is 2.43. The second-order valence-corrected chi connectivity index (χ2v) is 7.87. The molecule has 1 amide bonds. The van der Waals surface area contributed by atoms with Crippen LogP contribution in [0, 0.1) is 20.2 Å². The number of nitrogens with one attached hydrogen (secondary N) is 1. The van der Waals surface area contributed by atoms with Gasteiger partial charge in [-0.15, -0.1) is 0 Å². The van der Waals surface area contributed by atoms with Crippen LogP contribution in [-0.4, -0.2) is 15.8 Å². The number of amides is 1. The van der Waals surface area contributed by atoms with Crippen LogP contribution in [0.3, 0.4) is 0 Å². The van der Waals surface area contributed by atoms with Gasteiger partial charge in [0, 0.05) is 24.3 Å². The van der Waals surface area contributed by atoms with Crippen molar-refractivity contribution in [3.05, 3.63) is 114 Å². The second kappa shape index (κ2) is 8.89. The Morgan fingerprint density at radius 2 is 1.52 bits per heavy atom. The number of hydrogen-bond donors (Lipinski definition) is 1. The number of halogens is 2. The van der Waals surface area contributed by atoms with E-state index >= 15 is 0 Å². The Balaban J connectivity index is 1.83. The van der Waals surface area contributed by atoms with Crippen LogP contribution in [0.2, 0.25) is 10.0 Å². The summed E-state index contributed by atoms with van der Waals surface area (Å²) >= 11 is 12.7. The maximum atomic E-state index is 13.4. The average molecular weight is 485 g/mol. The lowest BCUT2D eigenvalue weighted by molar-refractivity contribution is -0.385. The molecule has 166 valence electrons. The van der Waals surface area contributed by atoms with Crippen molar-refractivity contribution in [1.29, 1.82) is 0 Å². The monoisotopic (exact) mass is 484 g/mol. The molecule has 3 aromatic rings. The zero-order chi connectivity index (χ0) is 23.7. The van der Waals surface area contributed by atoms with Gasteiger partial charge in [0.1, 0.15) is 11.9 Å². The standard InChI is InChI=1S/C22H14Cl2N4O5/c23-17-11-16(28(32)33)12-18(24)20(17)26-21(14-6-2-1-3-7-14)25-19(22(26)29)10-13-5-4-8-15(9-13)27(30)31/h1-12,21,25H. The maximum absolute atomic E-state index is 13.4. The van der Waals surface area contributed by atoms with Gasteiger partial charge in [-0.05, 0) is 17.2 Å². The number of benzene rings is 3. The molecule has 1 aliphatic rings. The van der Waals surface area contributed by atoms with Crippen molar-refractivity contribution >= 4 is 52.2 Å². The molecule has 0 radical (unpaired) electrons. The van der Waals surface area contributed by atoms with Gasteiger partial charge in [-0.3, -0.25) is 29.9 Å². The lowest BCUT2D eigenvalue weighted by Crippen LogP contribution is -2.30. The number of nitro benzene ring substituents is 2. The molecule has 1 aliphatic heterocycles. The molecule has 11 heteroatoms. The minimum Gasteiger partial charge on any atom is -0.357 e. The summed E-state index contributed by atoms with van der Waals surface area (Å²) in [5.41, 5.74) is 0.977. The van der Waals surface area contributed by atoms with Crippen LogP contribution in [0.5, 0.6) is 0 Å². The van der Waals surface area contributed by atoms with E-state index in [4.69, 9.17) is 23.2 Å². The van der Waals surface area contributed by atoms with Crippen LogP contribution in [0.1, 0.15) is 17.3 Å². The third-order valence-corrected chi connectivity index (χ3v) is 5.54. The molecule has 1 heterocycles. The molecular weight excluding hydrogens is 471 g/mol. The number of rotatable bonds is 5. The van der Waals surface area contributed by atoms with Crippen LogP contribution in [0.25, 0.3) is 6.08 Å². The number of anilines is 1. The van der Waals surface area contributed by atoms with Crippen LogP contribution >= 0.6 is 23.2 Å². The molecule has 9 nitrogen and oxygen atoms in total. The minimum absolute atomic E-state index is 0.0677. The Morgan fingerprint density at radius 3 is 2.12 bits per heavy atom. The highest BCUT2D eigenvalue weighted by Gasteiger charge is 2.39. The second-order valence-electron chi connectivity index (χ2n) is 7.06. The molecule has 4 rings (SSSR count). The first-order valence-corrected chi connectivity index (χ1v) is 10.3. The molecule has 1 fully saturated rings. The van der Waals surface area contributed by atoms with Gasteiger partial charge in [0.25, 0.3) is 17.3 Å². The normalized spacial score (nSPS) is 16.7. The van der Waals surface area contributed by atoms with Crippen LogP contribution in [0.4, 0.5) is 17.1 Å². The number of hydrogen-bond acceptors (Lipinski definition) is 6. The summed E-state index contributed by atoms with van der Waals surface area (Å²) < 4.78 is 0. The van der Waals surface area contributed by atoms with Crippen molar-refractivity contribution in [2.24, 2.45) is 0 Å². The Kier molecular flexibility index (Phi) is 5.99. The zero-order valence-corrected chi connectivity index (χ0v) is 18.2. The van der Waals surface area contributed by atoms with E-state index in [1.54, 1.807) is 30.3 Å². The first-order chi connectivity index (χ1) is 15.8. The summed E-state index contributed by atoms with van der Waals surface area (Å²) in [5, 5.41) is 25.2. The Bertz CT molecular complexity index is 1290. The molecule has 0 aliphatic carbocycles. The van der Waals surface area contributed by atoms with Crippen molar-refractivity contribution < 1.29 is 14.6 Å². The molecule has 0 saturated carbocycles.